The minimum atomic E-state index is -2.13. The molecule has 0 atom stereocenters. The molecule has 299 valence electrons. The number of para-hydroxylation sites is 3. The van der Waals surface area contributed by atoms with Gasteiger partial charge in [0, 0.05) is 42.0 Å². The van der Waals surface area contributed by atoms with E-state index in [0.717, 1.165) is 39.2 Å². The number of hydrogen-bond acceptors (Lipinski definition) is 3. The summed E-state index contributed by atoms with van der Waals surface area (Å²) in [5.74, 6) is 0.212. The number of aryl methyl sites for hydroxylation is 1. The van der Waals surface area contributed by atoms with E-state index in [1.807, 2.05) is 43.5 Å². The maximum atomic E-state index is 8.48. The Morgan fingerprint density at radius 3 is 2.27 bits per heavy atom. The van der Waals surface area contributed by atoms with Gasteiger partial charge in [0.2, 0.25) is 0 Å². The van der Waals surface area contributed by atoms with Gasteiger partial charge in [-0.2, -0.15) is 11.3 Å². The van der Waals surface area contributed by atoms with E-state index in [1.54, 1.807) is 12.1 Å². The second-order valence-electron chi connectivity index (χ2n) is 17.1. The van der Waals surface area contributed by atoms with E-state index in [1.165, 1.54) is 53.8 Å². The number of imidazole rings is 1. The number of pyridine rings is 1. The molecule has 0 saturated carbocycles. The summed E-state index contributed by atoms with van der Waals surface area (Å²) >= 11 is 1.82. The van der Waals surface area contributed by atoms with E-state index >= 15 is 0 Å². The molecule has 3 nitrogen and oxygen atoms in total. The third-order valence-electron chi connectivity index (χ3n) is 10.6. The van der Waals surface area contributed by atoms with Gasteiger partial charge in [-0.3, -0.25) is 4.98 Å². The van der Waals surface area contributed by atoms with Crippen LogP contribution in [-0.2, 0) is 25.5 Å². The van der Waals surface area contributed by atoms with Crippen molar-refractivity contribution in [2.75, 3.05) is 0 Å². The van der Waals surface area contributed by atoms with Crippen molar-refractivity contribution in [1.29, 1.82) is 0 Å². The van der Waals surface area contributed by atoms with Crippen molar-refractivity contribution in [3.05, 3.63) is 168 Å². The Bertz CT molecular complexity index is 3060. The Morgan fingerprint density at radius 1 is 0.814 bits per heavy atom. The molecule has 0 saturated heterocycles. The third-order valence-corrected chi connectivity index (χ3v) is 13.8. The van der Waals surface area contributed by atoms with Gasteiger partial charge >= 0.3 is 0 Å². The number of hydrogen-bond donors (Lipinski definition) is 0. The number of benzene rings is 6. The van der Waals surface area contributed by atoms with Crippen LogP contribution in [0.25, 0.3) is 70.7 Å². The SMILES string of the molecule is CC(C)(C)c1cccc(-c2ccccc2)c1-n1c(-c2[c-]ccc3c2sc2ccccc23)nc2ccccc21.[2H]C([2H])([2H])c1c[c-]c(-c2cc(C([2H])(C)C)c([Si](C)(C)C)cn2)cc1.[Ir]. The smallest absolute Gasteiger partial charge is 0.0799 e. The van der Waals surface area contributed by atoms with Gasteiger partial charge in [-0.05, 0) is 61.6 Å². The van der Waals surface area contributed by atoms with Crippen molar-refractivity contribution in [2.45, 2.75) is 72.4 Å². The molecular formula is C53H51IrN3SSi-2. The normalized spacial score (nSPS) is 13.2. The molecule has 0 amide bonds. The maximum Gasteiger partial charge on any atom is 0.0799 e. The minimum Gasteiger partial charge on any atom is -0.332 e. The van der Waals surface area contributed by atoms with E-state index in [9.17, 15) is 0 Å². The van der Waals surface area contributed by atoms with Gasteiger partial charge in [0.05, 0.1) is 30.6 Å². The van der Waals surface area contributed by atoms with Gasteiger partial charge in [-0.1, -0.05) is 163 Å². The quantitative estimate of drug-likeness (QED) is 0.123. The molecule has 0 aliphatic carbocycles. The zero-order valence-electron chi connectivity index (χ0n) is 38.9. The number of rotatable bonds is 6. The average molecular weight is 986 g/mol. The van der Waals surface area contributed by atoms with Crippen molar-refractivity contribution in [1.82, 2.24) is 14.5 Å². The molecule has 0 unspecified atom stereocenters. The summed E-state index contributed by atoms with van der Waals surface area (Å²) in [6, 6.07) is 52.2. The fourth-order valence-electron chi connectivity index (χ4n) is 7.72. The maximum absolute atomic E-state index is 8.48. The van der Waals surface area contributed by atoms with E-state index in [-0.39, 0.29) is 31.1 Å². The topological polar surface area (TPSA) is 30.7 Å². The molecule has 59 heavy (non-hydrogen) atoms. The number of fused-ring (bicyclic) bond motifs is 4. The fourth-order valence-corrected chi connectivity index (χ4v) is 10.5. The summed E-state index contributed by atoms with van der Waals surface area (Å²) in [6.45, 7) is 15.3. The van der Waals surface area contributed by atoms with Crippen molar-refractivity contribution in [2.24, 2.45) is 0 Å². The molecule has 0 aliphatic rings. The molecule has 6 heteroatoms. The molecule has 3 aromatic heterocycles. The first-order chi connectivity index (χ1) is 29.3. The van der Waals surface area contributed by atoms with Crippen LogP contribution < -0.4 is 5.19 Å². The third kappa shape index (κ3) is 8.42. The summed E-state index contributed by atoms with van der Waals surface area (Å²) in [4.78, 5) is 9.84. The standard InChI is InChI=1S/C35H27N2S.C18H24NSi.Ir/c1-35(2,3)28-19-12-16-24(23-13-5-4-6-14-23)32(28)37-30-21-9-8-20-29(30)36-34(37)27-18-11-17-26-25-15-7-10-22-31(25)38-33(26)27;1-13(2)16-11-17(15-9-7-14(3)8-10-15)19-12-18(16)20(4,5)6;/h4-17,19-22H,1-3H3;7-9,11-13H,1-6H3;/q2*-1;/i;3D3,13D;. The van der Waals surface area contributed by atoms with E-state index in [0.29, 0.717) is 0 Å². The van der Waals surface area contributed by atoms with Crippen LogP contribution >= 0.6 is 11.3 Å². The largest absolute Gasteiger partial charge is 0.332 e. The second-order valence-corrected chi connectivity index (χ2v) is 23.2. The van der Waals surface area contributed by atoms with Crippen LogP contribution in [-0.4, -0.2) is 22.6 Å². The van der Waals surface area contributed by atoms with Crippen molar-refractivity contribution >= 4 is 55.8 Å². The molecular weight excluding hydrogens is 931 g/mol. The molecule has 6 aromatic carbocycles. The first-order valence-electron chi connectivity index (χ1n) is 21.8. The van der Waals surface area contributed by atoms with Crippen molar-refractivity contribution < 1.29 is 25.6 Å². The molecule has 0 fully saturated rings. The molecule has 3 heterocycles. The number of aromatic nitrogens is 3. The summed E-state index contributed by atoms with van der Waals surface area (Å²) in [5.41, 5.74) is 10.6. The Hall–Kier alpha value is -4.97. The summed E-state index contributed by atoms with van der Waals surface area (Å²) in [6.07, 6.45) is 1.89. The predicted octanol–water partition coefficient (Wildman–Crippen LogP) is 14.3. The van der Waals surface area contributed by atoms with Crippen LogP contribution in [0.1, 0.15) is 62.7 Å². The first kappa shape index (κ1) is 37.1. The summed E-state index contributed by atoms with van der Waals surface area (Å²) < 4.78 is 35.7. The van der Waals surface area contributed by atoms with Crippen LogP contribution in [0.5, 0.6) is 0 Å². The van der Waals surface area contributed by atoms with Crippen LogP contribution in [0, 0.1) is 19.0 Å². The number of nitrogens with zero attached hydrogens (tertiary/aromatic N) is 3. The van der Waals surface area contributed by atoms with Crippen molar-refractivity contribution in [3.63, 3.8) is 0 Å². The van der Waals surface area contributed by atoms with E-state index in [2.05, 4.69) is 165 Å². The van der Waals surface area contributed by atoms with Gasteiger partial charge < -0.3 is 9.55 Å². The fraction of sp³-hybridized carbons (Fsp3) is 0.208. The molecule has 0 N–H and O–H groups in total. The Kier molecular flexibility index (Phi) is 10.6. The first-order valence-corrected chi connectivity index (χ1v) is 24.1. The molecule has 0 spiro atoms. The van der Waals surface area contributed by atoms with Crippen LogP contribution in [0.2, 0.25) is 19.6 Å². The Balaban J connectivity index is 0.000000207. The summed E-state index contributed by atoms with van der Waals surface area (Å²) in [7, 11) is -1.61. The van der Waals surface area contributed by atoms with Crippen molar-refractivity contribution in [3.8, 4) is 39.5 Å². The van der Waals surface area contributed by atoms with Gasteiger partial charge in [-0.25, -0.2) is 0 Å². The van der Waals surface area contributed by atoms with Gasteiger partial charge in [0.1, 0.15) is 0 Å². The van der Waals surface area contributed by atoms with Gasteiger partial charge in [0.25, 0.3) is 0 Å². The monoisotopic (exact) mass is 986 g/mol. The van der Waals surface area contributed by atoms with Gasteiger partial charge in [-0.15, -0.1) is 53.6 Å². The molecule has 1 radical (unpaired) electrons. The van der Waals surface area contributed by atoms with Gasteiger partial charge in [0.15, 0.2) is 0 Å². The zero-order chi connectivity index (χ0) is 44.2. The molecule has 9 rings (SSSR count). The van der Waals surface area contributed by atoms with Crippen LogP contribution in [0.4, 0.5) is 0 Å². The zero-order valence-corrected chi connectivity index (χ0v) is 39.1. The minimum absolute atomic E-state index is 0. The van der Waals surface area contributed by atoms with E-state index in [4.69, 9.17) is 10.5 Å². The number of thiophene rings is 1. The Labute approximate surface area is 374 Å². The summed E-state index contributed by atoms with van der Waals surface area (Å²) in [5, 5.41) is 3.72. The molecule has 0 aliphatic heterocycles. The second kappa shape index (κ2) is 16.9. The van der Waals surface area contributed by atoms with E-state index < -0.39 is 20.8 Å². The average Bonchev–Trinajstić information content (AvgIpc) is 3.81. The van der Waals surface area contributed by atoms with Crippen LogP contribution in [0.15, 0.2) is 140 Å². The molecule has 0 bridgehead atoms. The van der Waals surface area contributed by atoms with Crippen LogP contribution in [0.3, 0.4) is 0 Å². The molecule has 9 aromatic rings. The Morgan fingerprint density at radius 2 is 1.56 bits per heavy atom. The predicted molar refractivity (Wildman–Crippen MR) is 253 cm³/mol.